The second-order valence-electron chi connectivity index (χ2n) is 5.69. The van der Waals surface area contributed by atoms with Gasteiger partial charge in [0, 0.05) is 12.2 Å². The van der Waals surface area contributed by atoms with Gasteiger partial charge in [-0.15, -0.1) is 0 Å². The van der Waals surface area contributed by atoms with Crippen molar-refractivity contribution < 1.29 is 48.3 Å². The summed E-state index contributed by atoms with van der Waals surface area (Å²) in [6, 6.07) is 0. The van der Waals surface area contributed by atoms with Crippen molar-refractivity contribution in [3.8, 4) is 0 Å². The second-order valence-corrected chi connectivity index (χ2v) is 5.69. The normalized spacial score (nSPS) is 14.6. The smallest absolute Gasteiger partial charge is 0.330 e. The van der Waals surface area contributed by atoms with E-state index < -0.39 is 61.5 Å². The lowest BCUT2D eigenvalue weighted by Crippen LogP contribution is -2.33. The van der Waals surface area contributed by atoms with E-state index >= 15 is 0 Å². The Hall–Kier alpha value is -2.72. The fourth-order valence-electron chi connectivity index (χ4n) is 1.60. The van der Waals surface area contributed by atoms with Crippen molar-refractivity contribution in [1.82, 2.24) is 0 Å². The van der Waals surface area contributed by atoms with Crippen molar-refractivity contribution in [2.75, 3.05) is 13.2 Å². The molecular weight excluding hydrogens is 376 g/mol. The fourth-order valence-corrected chi connectivity index (χ4v) is 1.60. The van der Waals surface area contributed by atoms with E-state index in [-0.39, 0.29) is 12.8 Å². The van der Waals surface area contributed by atoms with Gasteiger partial charge in [0.2, 0.25) is 0 Å². The van der Waals surface area contributed by atoms with Crippen molar-refractivity contribution >= 4 is 23.9 Å². The maximum Gasteiger partial charge on any atom is 0.330 e. The molecule has 0 rings (SSSR count). The van der Waals surface area contributed by atoms with Crippen LogP contribution in [-0.4, -0.2) is 71.7 Å². The van der Waals surface area contributed by atoms with Crippen LogP contribution < -0.4 is 0 Å². The third-order valence-corrected chi connectivity index (χ3v) is 3.38. The molecule has 0 fully saturated rings. The molecule has 0 radical (unpaired) electrons. The third kappa shape index (κ3) is 11.1. The average Bonchev–Trinajstić information content (AvgIpc) is 2.67. The van der Waals surface area contributed by atoms with Crippen molar-refractivity contribution in [2.24, 2.45) is 0 Å². The van der Waals surface area contributed by atoms with Crippen LogP contribution in [0.25, 0.3) is 0 Å². The number of aliphatic hydroxyl groups is 2. The molecule has 0 spiro atoms. The van der Waals surface area contributed by atoms with Crippen LogP contribution >= 0.6 is 0 Å². The van der Waals surface area contributed by atoms with E-state index in [1.54, 1.807) is 0 Å². The molecule has 10 heteroatoms. The van der Waals surface area contributed by atoms with Crippen LogP contribution in [0.1, 0.15) is 26.7 Å². The number of ether oxygens (including phenoxy) is 4. The first-order chi connectivity index (χ1) is 13.1. The minimum absolute atomic E-state index is 0.316. The van der Waals surface area contributed by atoms with Gasteiger partial charge in [0.1, 0.15) is 37.6 Å². The second kappa shape index (κ2) is 13.4. The molecule has 0 aliphatic carbocycles. The topological polar surface area (TPSA) is 146 Å². The van der Waals surface area contributed by atoms with Crippen LogP contribution in [0.2, 0.25) is 0 Å². The Morgan fingerprint density at radius 3 is 1.39 bits per heavy atom. The average molecular weight is 402 g/mol. The van der Waals surface area contributed by atoms with Crippen LogP contribution in [0.5, 0.6) is 0 Å². The molecule has 4 atom stereocenters. The lowest BCUT2D eigenvalue weighted by molar-refractivity contribution is -0.160. The monoisotopic (exact) mass is 402 g/mol. The summed E-state index contributed by atoms with van der Waals surface area (Å²) in [4.78, 5) is 45.2. The minimum atomic E-state index is -1.24. The van der Waals surface area contributed by atoms with Crippen LogP contribution in [0.3, 0.4) is 0 Å². The van der Waals surface area contributed by atoms with E-state index in [0.29, 0.717) is 0 Å². The molecule has 4 unspecified atom stereocenters. The minimum Gasteiger partial charge on any atom is -0.463 e. The molecule has 10 nitrogen and oxygen atoms in total. The Kier molecular flexibility index (Phi) is 12.1. The molecule has 0 aromatic heterocycles. The van der Waals surface area contributed by atoms with Crippen molar-refractivity contribution in [2.45, 2.75) is 51.1 Å². The van der Waals surface area contributed by atoms with Gasteiger partial charge in [-0.1, -0.05) is 13.2 Å². The van der Waals surface area contributed by atoms with Gasteiger partial charge in [-0.3, -0.25) is 9.59 Å². The number of hydrogen-bond acceptors (Lipinski definition) is 10. The summed E-state index contributed by atoms with van der Waals surface area (Å²) >= 11 is 0. The van der Waals surface area contributed by atoms with E-state index in [4.69, 9.17) is 18.9 Å². The molecule has 2 N–H and O–H groups in total. The standard InChI is InChI=1S/C18H26O10/c1-5-15(21)27-11(3)13(19)9-25-17(23)7-8-18(24)26-10-14(20)12(4)28-16(22)6-2/h5-6,11-14,19-20H,1-2,7-10H2,3-4H3. The van der Waals surface area contributed by atoms with Gasteiger partial charge < -0.3 is 29.2 Å². The number of esters is 4. The zero-order valence-corrected chi connectivity index (χ0v) is 15.9. The molecule has 0 aromatic carbocycles. The SMILES string of the molecule is C=CC(=O)OC(C)C(O)COC(=O)CCC(=O)OCC(O)C(C)OC(=O)C=C. The maximum absolute atomic E-state index is 11.6. The van der Waals surface area contributed by atoms with Gasteiger partial charge in [-0.25, -0.2) is 9.59 Å². The lowest BCUT2D eigenvalue weighted by Gasteiger charge is -2.19. The van der Waals surface area contributed by atoms with E-state index in [1.807, 2.05) is 0 Å². The predicted molar refractivity (Wildman–Crippen MR) is 94.7 cm³/mol. The Balaban J connectivity index is 4.07. The third-order valence-electron chi connectivity index (χ3n) is 3.38. The van der Waals surface area contributed by atoms with Gasteiger partial charge in [0.05, 0.1) is 12.8 Å². The van der Waals surface area contributed by atoms with Crippen molar-refractivity contribution in [3.63, 3.8) is 0 Å². The van der Waals surface area contributed by atoms with Gasteiger partial charge in [-0.05, 0) is 13.8 Å². The Morgan fingerprint density at radius 1 is 0.786 bits per heavy atom. The number of hydrogen-bond donors (Lipinski definition) is 2. The fraction of sp³-hybridized carbons (Fsp3) is 0.556. The Labute approximate surface area is 162 Å². The highest BCUT2D eigenvalue weighted by Crippen LogP contribution is 2.05. The summed E-state index contributed by atoms with van der Waals surface area (Å²) in [7, 11) is 0. The zero-order chi connectivity index (χ0) is 21.7. The molecule has 0 amide bonds. The number of carbonyl (C=O) groups excluding carboxylic acids is 4. The molecule has 0 aliphatic heterocycles. The van der Waals surface area contributed by atoms with Crippen LogP contribution in [-0.2, 0) is 38.1 Å². The van der Waals surface area contributed by atoms with E-state index in [2.05, 4.69) is 13.2 Å². The molecule has 0 bridgehead atoms. The highest BCUT2D eigenvalue weighted by Gasteiger charge is 2.21. The van der Waals surface area contributed by atoms with E-state index in [1.165, 1.54) is 13.8 Å². The molecule has 0 saturated heterocycles. The van der Waals surface area contributed by atoms with Gasteiger partial charge in [0.25, 0.3) is 0 Å². The lowest BCUT2D eigenvalue weighted by atomic mass is 10.2. The molecule has 0 saturated carbocycles. The molecule has 28 heavy (non-hydrogen) atoms. The summed E-state index contributed by atoms with van der Waals surface area (Å²) in [5.74, 6) is -2.99. The Bertz CT molecular complexity index is 521. The first-order valence-corrected chi connectivity index (χ1v) is 8.44. The summed E-state index contributed by atoms with van der Waals surface area (Å²) in [5, 5.41) is 19.4. The summed E-state index contributed by atoms with van der Waals surface area (Å²) in [6.45, 7) is 8.40. The molecule has 158 valence electrons. The summed E-state index contributed by atoms with van der Waals surface area (Å²) in [6.07, 6.45) is -3.08. The molecule has 0 aliphatic rings. The zero-order valence-electron chi connectivity index (χ0n) is 15.9. The first kappa shape index (κ1) is 25.3. The van der Waals surface area contributed by atoms with Crippen LogP contribution in [0.15, 0.2) is 25.3 Å². The van der Waals surface area contributed by atoms with Crippen LogP contribution in [0, 0.1) is 0 Å². The number of carbonyl (C=O) groups is 4. The Morgan fingerprint density at radius 2 is 1.11 bits per heavy atom. The molecular formula is C18H26O10. The van der Waals surface area contributed by atoms with E-state index in [9.17, 15) is 29.4 Å². The molecule has 0 aromatic rings. The highest BCUT2D eigenvalue weighted by molar-refractivity contribution is 5.81. The predicted octanol–water partition coefficient (Wildman–Crippen LogP) is -0.190. The molecule has 0 heterocycles. The van der Waals surface area contributed by atoms with Crippen molar-refractivity contribution in [1.29, 1.82) is 0 Å². The summed E-state index contributed by atoms with van der Waals surface area (Å²) < 4.78 is 19.1. The van der Waals surface area contributed by atoms with Gasteiger partial charge in [-0.2, -0.15) is 0 Å². The first-order valence-electron chi connectivity index (χ1n) is 8.44. The van der Waals surface area contributed by atoms with E-state index in [0.717, 1.165) is 12.2 Å². The number of aliphatic hydroxyl groups excluding tert-OH is 2. The maximum atomic E-state index is 11.6. The highest BCUT2D eigenvalue weighted by atomic mass is 16.6. The summed E-state index contributed by atoms with van der Waals surface area (Å²) in [5.41, 5.74) is 0. The van der Waals surface area contributed by atoms with Gasteiger partial charge in [0.15, 0.2) is 0 Å². The quantitative estimate of drug-likeness (QED) is 0.241. The van der Waals surface area contributed by atoms with Crippen LogP contribution in [0.4, 0.5) is 0 Å². The largest absolute Gasteiger partial charge is 0.463 e. The van der Waals surface area contributed by atoms with Crippen molar-refractivity contribution in [3.05, 3.63) is 25.3 Å². The van der Waals surface area contributed by atoms with Gasteiger partial charge >= 0.3 is 23.9 Å². The number of rotatable bonds is 13.